The van der Waals surface area contributed by atoms with Crippen molar-refractivity contribution in [2.24, 2.45) is 11.3 Å². The zero-order chi connectivity index (χ0) is 12.2. The number of carbonyl (C=O) groups excluding carboxylic acids is 2. The topological polar surface area (TPSA) is 58.2 Å². The lowest BCUT2D eigenvalue weighted by atomic mass is 9.71. The van der Waals surface area contributed by atoms with Gasteiger partial charge in [-0.2, -0.15) is 0 Å². The molecule has 0 bridgehead atoms. The van der Waals surface area contributed by atoms with Gasteiger partial charge in [0.1, 0.15) is 0 Å². The van der Waals surface area contributed by atoms with Crippen LogP contribution in [-0.4, -0.2) is 18.5 Å². The first kappa shape index (κ1) is 13.0. The van der Waals surface area contributed by atoms with E-state index in [1.165, 1.54) is 0 Å². The maximum Gasteiger partial charge on any atom is 0.321 e. The molecular formula is C12H22N2O2. The molecule has 1 rings (SSSR count). The van der Waals surface area contributed by atoms with Crippen LogP contribution in [0, 0.1) is 11.3 Å². The Morgan fingerprint density at radius 1 is 1.19 bits per heavy atom. The SMILES string of the molecule is CC(C)(C)C1CCC(NC(=O)NC=O)CC1. The molecule has 1 saturated carbocycles. The Balaban J connectivity index is 2.32. The maximum atomic E-state index is 11.1. The number of hydrogen-bond donors (Lipinski definition) is 2. The highest BCUT2D eigenvalue weighted by atomic mass is 16.2. The third-order valence-corrected chi connectivity index (χ3v) is 3.48. The molecule has 16 heavy (non-hydrogen) atoms. The smallest absolute Gasteiger partial charge is 0.321 e. The van der Waals surface area contributed by atoms with Crippen LogP contribution in [0.25, 0.3) is 0 Å². The molecule has 0 unspecified atom stereocenters. The maximum absolute atomic E-state index is 11.1. The third-order valence-electron chi connectivity index (χ3n) is 3.48. The largest absolute Gasteiger partial charge is 0.335 e. The van der Waals surface area contributed by atoms with Crippen molar-refractivity contribution in [3.63, 3.8) is 0 Å². The number of hydrogen-bond acceptors (Lipinski definition) is 2. The molecule has 1 aliphatic carbocycles. The van der Waals surface area contributed by atoms with Crippen molar-refractivity contribution >= 4 is 12.4 Å². The summed E-state index contributed by atoms with van der Waals surface area (Å²) in [7, 11) is 0. The van der Waals surface area contributed by atoms with Crippen LogP contribution >= 0.6 is 0 Å². The minimum Gasteiger partial charge on any atom is -0.335 e. The van der Waals surface area contributed by atoms with Gasteiger partial charge in [0, 0.05) is 6.04 Å². The molecule has 2 N–H and O–H groups in total. The predicted octanol–water partition coefficient (Wildman–Crippen LogP) is 2.05. The van der Waals surface area contributed by atoms with E-state index >= 15 is 0 Å². The summed E-state index contributed by atoms with van der Waals surface area (Å²) in [5.41, 5.74) is 0.357. The number of urea groups is 1. The first-order chi connectivity index (χ1) is 7.43. The van der Waals surface area contributed by atoms with Gasteiger partial charge < -0.3 is 5.32 Å². The van der Waals surface area contributed by atoms with Crippen LogP contribution in [0.2, 0.25) is 0 Å². The molecule has 0 heterocycles. The summed E-state index contributed by atoms with van der Waals surface area (Å²) >= 11 is 0. The fourth-order valence-corrected chi connectivity index (χ4v) is 2.38. The normalized spacial score (nSPS) is 25.9. The van der Waals surface area contributed by atoms with E-state index in [1.807, 2.05) is 0 Å². The summed E-state index contributed by atoms with van der Waals surface area (Å²) in [4.78, 5) is 21.2. The Hall–Kier alpha value is -1.06. The zero-order valence-corrected chi connectivity index (χ0v) is 10.4. The average Bonchev–Trinajstić information content (AvgIpc) is 2.17. The fourth-order valence-electron chi connectivity index (χ4n) is 2.38. The Morgan fingerprint density at radius 3 is 2.19 bits per heavy atom. The van der Waals surface area contributed by atoms with Gasteiger partial charge in [-0.05, 0) is 37.0 Å². The average molecular weight is 226 g/mol. The van der Waals surface area contributed by atoms with Crippen LogP contribution in [0.5, 0.6) is 0 Å². The van der Waals surface area contributed by atoms with Crippen LogP contribution < -0.4 is 10.6 Å². The van der Waals surface area contributed by atoms with Gasteiger partial charge in [-0.15, -0.1) is 0 Å². The number of imide groups is 1. The summed E-state index contributed by atoms with van der Waals surface area (Å²) in [5, 5.41) is 4.91. The van der Waals surface area contributed by atoms with Crippen molar-refractivity contribution in [1.29, 1.82) is 0 Å². The van der Waals surface area contributed by atoms with Crippen molar-refractivity contribution in [3.8, 4) is 0 Å². The lowest BCUT2D eigenvalue weighted by molar-refractivity contribution is -0.108. The van der Waals surface area contributed by atoms with E-state index in [4.69, 9.17) is 0 Å². The Morgan fingerprint density at radius 2 is 1.75 bits per heavy atom. The highest BCUT2D eigenvalue weighted by molar-refractivity contribution is 5.84. The van der Waals surface area contributed by atoms with Crippen LogP contribution in [0.4, 0.5) is 4.79 Å². The van der Waals surface area contributed by atoms with Crippen LogP contribution in [-0.2, 0) is 4.79 Å². The highest BCUT2D eigenvalue weighted by Gasteiger charge is 2.29. The minimum absolute atomic E-state index is 0.221. The van der Waals surface area contributed by atoms with Crippen molar-refractivity contribution in [2.75, 3.05) is 0 Å². The molecule has 0 saturated heterocycles. The second-order valence-electron chi connectivity index (χ2n) is 5.65. The monoisotopic (exact) mass is 226 g/mol. The van der Waals surface area contributed by atoms with Gasteiger partial charge in [0.2, 0.25) is 6.41 Å². The molecule has 0 aromatic heterocycles. The van der Waals surface area contributed by atoms with Crippen LogP contribution in [0.3, 0.4) is 0 Å². The summed E-state index contributed by atoms with van der Waals surface area (Å²) in [6, 6.07) is -0.159. The fraction of sp³-hybridized carbons (Fsp3) is 0.833. The van der Waals surface area contributed by atoms with Gasteiger partial charge in [0.15, 0.2) is 0 Å². The molecule has 0 aromatic carbocycles. The van der Waals surface area contributed by atoms with Crippen LogP contribution in [0.1, 0.15) is 46.5 Å². The lowest BCUT2D eigenvalue weighted by Crippen LogP contribution is -2.44. The molecule has 0 atom stereocenters. The Labute approximate surface area is 97.2 Å². The number of nitrogens with one attached hydrogen (secondary N) is 2. The summed E-state index contributed by atoms with van der Waals surface area (Å²) in [5.74, 6) is 0.736. The Bertz CT molecular complexity index is 250. The van der Waals surface area contributed by atoms with E-state index in [9.17, 15) is 9.59 Å². The first-order valence-electron chi connectivity index (χ1n) is 5.94. The predicted molar refractivity (Wildman–Crippen MR) is 62.9 cm³/mol. The van der Waals surface area contributed by atoms with Gasteiger partial charge in [-0.3, -0.25) is 10.1 Å². The second-order valence-corrected chi connectivity index (χ2v) is 5.65. The zero-order valence-electron chi connectivity index (χ0n) is 10.4. The van der Waals surface area contributed by atoms with Crippen molar-refractivity contribution in [2.45, 2.75) is 52.5 Å². The molecule has 1 aliphatic rings. The summed E-state index contributed by atoms with van der Waals surface area (Å²) in [6.45, 7) is 6.81. The molecule has 0 radical (unpaired) electrons. The number of rotatable bonds is 2. The summed E-state index contributed by atoms with van der Waals surface area (Å²) in [6.07, 6.45) is 4.73. The van der Waals surface area contributed by atoms with Gasteiger partial charge in [0.25, 0.3) is 0 Å². The second kappa shape index (κ2) is 5.32. The number of carbonyl (C=O) groups is 2. The van der Waals surface area contributed by atoms with E-state index in [2.05, 4.69) is 31.4 Å². The standard InChI is InChI=1S/C12H22N2O2/c1-12(2,3)9-4-6-10(7-5-9)14-11(16)13-8-15/h8-10H,4-7H2,1-3H3,(H2,13,14,15,16). The minimum atomic E-state index is -0.380. The van der Waals surface area contributed by atoms with E-state index in [0.29, 0.717) is 11.8 Å². The molecule has 3 amide bonds. The van der Waals surface area contributed by atoms with Gasteiger partial charge in [-0.25, -0.2) is 4.79 Å². The molecule has 0 aromatic rings. The van der Waals surface area contributed by atoms with E-state index in [1.54, 1.807) is 0 Å². The highest BCUT2D eigenvalue weighted by Crippen LogP contribution is 2.37. The van der Waals surface area contributed by atoms with Gasteiger partial charge in [-0.1, -0.05) is 20.8 Å². The van der Waals surface area contributed by atoms with E-state index in [-0.39, 0.29) is 12.1 Å². The van der Waals surface area contributed by atoms with Crippen molar-refractivity contribution < 1.29 is 9.59 Å². The first-order valence-corrected chi connectivity index (χ1v) is 5.94. The molecular weight excluding hydrogens is 204 g/mol. The molecule has 1 fully saturated rings. The molecule has 92 valence electrons. The summed E-state index contributed by atoms with van der Waals surface area (Å²) < 4.78 is 0. The van der Waals surface area contributed by atoms with Crippen molar-refractivity contribution in [1.82, 2.24) is 10.6 Å². The van der Waals surface area contributed by atoms with E-state index in [0.717, 1.165) is 31.6 Å². The third kappa shape index (κ3) is 3.83. The van der Waals surface area contributed by atoms with Crippen molar-refractivity contribution in [3.05, 3.63) is 0 Å². The lowest BCUT2D eigenvalue weighted by Gasteiger charge is -2.37. The molecule has 4 heteroatoms. The molecule has 0 aliphatic heterocycles. The van der Waals surface area contributed by atoms with Gasteiger partial charge in [0.05, 0.1) is 0 Å². The molecule has 0 spiro atoms. The number of amides is 3. The van der Waals surface area contributed by atoms with Gasteiger partial charge >= 0.3 is 6.03 Å². The van der Waals surface area contributed by atoms with E-state index < -0.39 is 0 Å². The Kier molecular flexibility index (Phi) is 4.33. The quantitative estimate of drug-likeness (QED) is 0.708. The molecule has 4 nitrogen and oxygen atoms in total. The van der Waals surface area contributed by atoms with Crippen LogP contribution in [0.15, 0.2) is 0 Å².